The summed E-state index contributed by atoms with van der Waals surface area (Å²) in [6, 6.07) is 9.06. The maximum Gasteiger partial charge on any atom is 0.254 e. The van der Waals surface area contributed by atoms with E-state index in [1.807, 2.05) is 22.6 Å². The molecule has 0 aliphatic heterocycles. The summed E-state index contributed by atoms with van der Waals surface area (Å²) in [5.74, 6) is -1.84. The summed E-state index contributed by atoms with van der Waals surface area (Å²) in [5.41, 5.74) is 8.46. The van der Waals surface area contributed by atoms with Crippen molar-refractivity contribution in [1.82, 2.24) is 25.3 Å². The van der Waals surface area contributed by atoms with Crippen molar-refractivity contribution >= 4 is 34.3 Å². The predicted octanol–water partition coefficient (Wildman–Crippen LogP) is 3.47. The summed E-state index contributed by atoms with van der Waals surface area (Å²) in [4.78, 5) is 16.9. The number of anilines is 1. The van der Waals surface area contributed by atoms with E-state index >= 15 is 0 Å². The predicted molar refractivity (Wildman–Crippen MR) is 130 cm³/mol. The molecule has 1 unspecified atom stereocenters. The van der Waals surface area contributed by atoms with Crippen molar-refractivity contribution in [3.63, 3.8) is 0 Å². The van der Waals surface area contributed by atoms with Crippen molar-refractivity contribution in [2.24, 2.45) is 7.05 Å². The van der Waals surface area contributed by atoms with Crippen molar-refractivity contribution in [2.75, 3.05) is 12.3 Å². The van der Waals surface area contributed by atoms with Crippen LogP contribution < -0.4 is 11.1 Å². The molecule has 4 aromatic rings. The third-order valence-electron chi connectivity index (χ3n) is 5.23. The Morgan fingerprint density at radius 1 is 1.18 bits per heavy atom. The number of aryl methyl sites for hydroxylation is 1. The van der Waals surface area contributed by atoms with Crippen molar-refractivity contribution < 1.29 is 18.7 Å². The Balaban J connectivity index is 1.61. The minimum absolute atomic E-state index is 0.191. The number of aliphatic hydroxyl groups excluding tert-OH is 1. The largest absolute Gasteiger partial charge is 0.394 e. The molecule has 0 saturated carbocycles. The highest BCUT2D eigenvalue weighted by Gasteiger charge is 2.20. The molecule has 2 aromatic carbocycles. The van der Waals surface area contributed by atoms with Gasteiger partial charge in [-0.05, 0) is 70.1 Å². The fourth-order valence-electron chi connectivity index (χ4n) is 3.51. The van der Waals surface area contributed by atoms with E-state index in [1.165, 1.54) is 24.3 Å². The third kappa shape index (κ3) is 4.89. The minimum Gasteiger partial charge on any atom is -0.394 e. The van der Waals surface area contributed by atoms with Gasteiger partial charge < -0.3 is 16.2 Å². The second-order valence-electron chi connectivity index (χ2n) is 7.51. The van der Waals surface area contributed by atoms with Crippen LogP contribution in [-0.2, 0) is 7.05 Å². The lowest BCUT2D eigenvalue weighted by atomic mass is 10.0. The van der Waals surface area contributed by atoms with Gasteiger partial charge in [0.25, 0.3) is 5.91 Å². The lowest BCUT2D eigenvalue weighted by molar-refractivity contribution is 0.0912. The summed E-state index contributed by atoms with van der Waals surface area (Å²) in [6.45, 7) is -0.483. The van der Waals surface area contributed by atoms with Gasteiger partial charge in [-0.1, -0.05) is 11.3 Å². The molecule has 1 amide bonds. The first kappa shape index (κ1) is 23.7. The fourth-order valence-corrected chi connectivity index (χ4v) is 4.17. The monoisotopic (exact) mass is 576 g/mol. The number of hydrogen-bond donors (Lipinski definition) is 3. The standard InChI is InChI=1S/C23H19F2IN6O2/c1-32-21(10-29-31-32)14-6-18(22(27)28-9-14)12-2-3-17(19(25)7-12)23(34)30-20(11-33)13-4-15(24)8-16(26)5-13/h2-10,20,33H,11H2,1H3,(H2,27,28)(H,30,34). The molecular weight excluding hydrogens is 557 g/mol. The van der Waals surface area contributed by atoms with E-state index in [-0.39, 0.29) is 11.4 Å². The highest BCUT2D eigenvalue weighted by molar-refractivity contribution is 14.1. The fraction of sp³-hybridized carbons (Fsp3) is 0.130. The third-order valence-corrected chi connectivity index (χ3v) is 5.85. The van der Waals surface area contributed by atoms with E-state index in [0.717, 1.165) is 0 Å². The SMILES string of the molecule is Cn1nncc1-c1cnc(N)c(-c2ccc(C(=O)NC(CO)c3cc(F)cc(I)c3)c(F)c2)c1. The second kappa shape index (κ2) is 9.81. The van der Waals surface area contributed by atoms with Gasteiger partial charge in [-0.25, -0.2) is 18.4 Å². The van der Waals surface area contributed by atoms with Crippen LogP contribution in [0, 0.1) is 15.2 Å². The van der Waals surface area contributed by atoms with Crippen LogP contribution in [0.5, 0.6) is 0 Å². The molecule has 8 nitrogen and oxygen atoms in total. The zero-order chi connectivity index (χ0) is 24.4. The van der Waals surface area contributed by atoms with Gasteiger partial charge in [-0.15, -0.1) is 5.10 Å². The Morgan fingerprint density at radius 2 is 1.97 bits per heavy atom. The number of amides is 1. The number of carbonyl (C=O) groups is 1. The van der Waals surface area contributed by atoms with E-state index < -0.39 is 30.2 Å². The Kier molecular flexibility index (Phi) is 6.84. The minimum atomic E-state index is -0.903. The summed E-state index contributed by atoms with van der Waals surface area (Å²) in [5, 5.41) is 20.0. The van der Waals surface area contributed by atoms with Gasteiger partial charge >= 0.3 is 0 Å². The molecule has 0 aliphatic rings. The number of hydrogen-bond acceptors (Lipinski definition) is 6. The second-order valence-corrected chi connectivity index (χ2v) is 8.75. The zero-order valence-electron chi connectivity index (χ0n) is 17.8. The van der Waals surface area contributed by atoms with Gasteiger partial charge in [0, 0.05) is 27.9 Å². The van der Waals surface area contributed by atoms with Crippen LogP contribution in [0.1, 0.15) is 22.0 Å². The number of nitrogens with zero attached hydrogens (tertiary/aromatic N) is 4. The molecule has 4 rings (SSSR count). The average Bonchev–Trinajstić information content (AvgIpc) is 3.22. The van der Waals surface area contributed by atoms with Gasteiger partial charge in [-0.2, -0.15) is 0 Å². The molecule has 0 spiro atoms. The van der Waals surface area contributed by atoms with Crippen molar-refractivity contribution in [3.05, 3.63) is 81.2 Å². The topological polar surface area (TPSA) is 119 Å². The molecule has 0 fully saturated rings. The molecule has 2 heterocycles. The summed E-state index contributed by atoms with van der Waals surface area (Å²) < 4.78 is 30.9. The number of nitrogens with one attached hydrogen (secondary N) is 1. The molecule has 4 N–H and O–H groups in total. The van der Waals surface area contributed by atoms with Crippen LogP contribution in [0.2, 0.25) is 0 Å². The summed E-state index contributed by atoms with van der Waals surface area (Å²) in [7, 11) is 1.73. The number of halogens is 3. The number of aliphatic hydroxyl groups is 1. The van der Waals surface area contributed by atoms with Crippen LogP contribution in [0.3, 0.4) is 0 Å². The van der Waals surface area contributed by atoms with E-state index in [9.17, 15) is 18.7 Å². The van der Waals surface area contributed by atoms with Crippen LogP contribution in [-0.4, -0.2) is 37.6 Å². The molecular formula is C23H19F2IN6O2. The maximum atomic E-state index is 15.0. The summed E-state index contributed by atoms with van der Waals surface area (Å²) in [6.07, 6.45) is 3.14. The number of pyridine rings is 1. The number of rotatable bonds is 6. The first-order valence-corrected chi connectivity index (χ1v) is 11.1. The van der Waals surface area contributed by atoms with Gasteiger partial charge in [-0.3, -0.25) is 4.79 Å². The molecule has 0 radical (unpaired) electrons. The molecule has 174 valence electrons. The van der Waals surface area contributed by atoms with E-state index in [0.29, 0.717) is 31.5 Å². The van der Waals surface area contributed by atoms with Crippen molar-refractivity contribution in [2.45, 2.75) is 6.04 Å². The Hall–Kier alpha value is -3.45. The Labute approximate surface area is 207 Å². The quantitative estimate of drug-likeness (QED) is 0.303. The molecule has 0 saturated heterocycles. The number of aromatic nitrogens is 4. The van der Waals surface area contributed by atoms with Gasteiger partial charge in [0.05, 0.1) is 30.1 Å². The first-order valence-electron chi connectivity index (χ1n) is 10.0. The summed E-state index contributed by atoms with van der Waals surface area (Å²) >= 11 is 1.93. The highest BCUT2D eigenvalue weighted by atomic mass is 127. The van der Waals surface area contributed by atoms with Crippen LogP contribution in [0.15, 0.2) is 54.9 Å². The number of nitrogens with two attached hydrogens (primary N) is 1. The first-order chi connectivity index (χ1) is 16.3. The molecule has 34 heavy (non-hydrogen) atoms. The lowest BCUT2D eigenvalue weighted by Crippen LogP contribution is -2.31. The van der Waals surface area contributed by atoms with Gasteiger partial charge in [0.1, 0.15) is 17.5 Å². The highest BCUT2D eigenvalue weighted by Crippen LogP contribution is 2.30. The molecule has 0 bridgehead atoms. The Bertz CT molecular complexity index is 1360. The number of benzene rings is 2. The van der Waals surface area contributed by atoms with E-state index in [1.54, 1.807) is 42.3 Å². The normalized spacial score (nSPS) is 11.9. The molecule has 0 aliphatic carbocycles. The van der Waals surface area contributed by atoms with Crippen molar-refractivity contribution in [1.29, 1.82) is 0 Å². The average molecular weight is 576 g/mol. The lowest BCUT2D eigenvalue weighted by Gasteiger charge is -2.18. The van der Waals surface area contributed by atoms with Crippen LogP contribution in [0.4, 0.5) is 14.6 Å². The van der Waals surface area contributed by atoms with Crippen LogP contribution in [0.25, 0.3) is 22.4 Å². The van der Waals surface area contributed by atoms with Crippen molar-refractivity contribution in [3.8, 4) is 22.4 Å². The Morgan fingerprint density at radius 3 is 2.62 bits per heavy atom. The van der Waals surface area contributed by atoms with E-state index in [2.05, 4.69) is 20.6 Å². The number of nitrogen functional groups attached to an aromatic ring is 1. The maximum absolute atomic E-state index is 15.0. The van der Waals surface area contributed by atoms with Crippen LogP contribution >= 0.6 is 22.6 Å². The van der Waals surface area contributed by atoms with E-state index in [4.69, 9.17) is 5.73 Å². The van der Waals surface area contributed by atoms with Gasteiger partial charge in [0.15, 0.2) is 0 Å². The smallest absolute Gasteiger partial charge is 0.254 e. The molecule has 2 aromatic heterocycles. The van der Waals surface area contributed by atoms with Gasteiger partial charge in [0.2, 0.25) is 0 Å². The number of carbonyl (C=O) groups excluding carboxylic acids is 1. The molecule has 11 heteroatoms. The zero-order valence-corrected chi connectivity index (χ0v) is 20.0. The molecule has 1 atom stereocenters.